The first-order valence-electron chi connectivity index (χ1n) is 7.54. The summed E-state index contributed by atoms with van der Waals surface area (Å²) in [7, 11) is 4.32. The molecule has 2 rings (SSSR count). The molecular formula is C14H30N4. The van der Waals surface area contributed by atoms with E-state index in [0.717, 1.165) is 5.92 Å². The normalized spacial score (nSPS) is 27.8. The molecule has 0 radical (unpaired) electrons. The Kier molecular flexibility index (Phi) is 5.89. The molecule has 1 N–H and O–H groups in total. The topological polar surface area (TPSA) is 21.8 Å². The maximum absolute atomic E-state index is 3.52. The van der Waals surface area contributed by atoms with Crippen molar-refractivity contribution in [1.82, 2.24) is 20.0 Å². The highest BCUT2D eigenvalue weighted by molar-refractivity contribution is 4.77. The number of nitrogens with one attached hydrogen (secondary N) is 1. The van der Waals surface area contributed by atoms with Gasteiger partial charge in [0.15, 0.2) is 0 Å². The second-order valence-electron chi connectivity index (χ2n) is 6.16. The van der Waals surface area contributed by atoms with E-state index in [9.17, 15) is 0 Å². The zero-order valence-electron chi connectivity index (χ0n) is 12.2. The van der Waals surface area contributed by atoms with Crippen molar-refractivity contribution < 1.29 is 0 Å². The molecule has 1 atom stereocenters. The van der Waals surface area contributed by atoms with Gasteiger partial charge >= 0.3 is 0 Å². The minimum absolute atomic E-state index is 0.895. The molecule has 2 fully saturated rings. The Morgan fingerprint density at radius 2 is 1.83 bits per heavy atom. The molecule has 0 bridgehead atoms. The summed E-state index contributed by atoms with van der Waals surface area (Å²) >= 11 is 0. The molecule has 0 spiro atoms. The van der Waals surface area contributed by atoms with Gasteiger partial charge in [-0.05, 0) is 45.9 Å². The molecule has 0 aliphatic carbocycles. The van der Waals surface area contributed by atoms with Crippen molar-refractivity contribution >= 4 is 0 Å². The first-order chi connectivity index (χ1) is 8.74. The molecule has 2 aliphatic rings. The van der Waals surface area contributed by atoms with E-state index < -0.39 is 0 Å². The quantitative estimate of drug-likeness (QED) is 0.755. The van der Waals surface area contributed by atoms with Crippen LogP contribution in [0.1, 0.15) is 12.8 Å². The Balaban J connectivity index is 1.60. The third kappa shape index (κ3) is 4.84. The van der Waals surface area contributed by atoms with Crippen molar-refractivity contribution in [2.75, 3.05) is 73.0 Å². The summed E-state index contributed by atoms with van der Waals surface area (Å²) in [5, 5.41) is 3.52. The highest BCUT2D eigenvalue weighted by atomic mass is 15.3. The van der Waals surface area contributed by atoms with E-state index in [2.05, 4.69) is 34.1 Å². The summed E-state index contributed by atoms with van der Waals surface area (Å²) in [6.07, 6.45) is 2.79. The van der Waals surface area contributed by atoms with Gasteiger partial charge in [-0.15, -0.1) is 0 Å². The van der Waals surface area contributed by atoms with Gasteiger partial charge in [-0.3, -0.25) is 4.90 Å². The van der Waals surface area contributed by atoms with Gasteiger partial charge in [-0.1, -0.05) is 0 Å². The Morgan fingerprint density at radius 3 is 2.44 bits per heavy atom. The zero-order chi connectivity index (χ0) is 12.8. The number of rotatable bonds is 5. The SMILES string of the molecule is CN(C)CCN1CCN(CC2CCCNC2)CC1. The lowest BCUT2D eigenvalue weighted by Gasteiger charge is -2.37. The van der Waals surface area contributed by atoms with Crippen molar-refractivity contribution in [3.8, 4) is 0 Å². The van der Waals surface area contributed by atoms with Crippen LogP contribution in [0.4, 0.5) is 0 Å². The average Bonchev–Trinajstić information content (AvgIpc) is 2.39. The smallest absolute Gasteiger partial charge is 0.0110 e. The fourth-order valence-corrected chi connectivity index (χ4v) is 2.98. The van der Waals surface area contributed by atoms with Crippen molar-refractivity contribution in [1.29, 1.82) is 0 Å². The van der Waals surface area contributed by atoms with E-state index in [-0.39, 0.29) is 0 Å². The molecule has 4 nitrogen and oxygen atoms in total. The van der Waals surface area contributed by atoms with E-state index in [1.807, 2.05) is 0 Å². The second kappa shape index (κ2) is 7.43. The third-order valence-electron chi connectivity index (χ3n) is 4.24. The van der Waals surface area contributed by atoms with Crippen LogP contribution in [0, 0.1) is 5.92 Å². The van der Waals surface area contributed by atoms with Crippen LogP contribution in [0.15, 0.2) is 0 Å². The number of likely N-dealkylation sites (N-methyl/N-ethyl adjacent to an activating group) is 1. The monoisotopic (exact) mass is 254 g/mol. The van der Waals surface area contributed by atoms with Gasteiger partial charge < -0.3 is 15.1 Å². The van der Waals surface area contributed by atoms with Crippen LogP contribution in [0.3, 0.4) is 0 Å². The molecule has 4 heteroatoms. The molecule has 0 aromatic rings. The summed E-state index contributed by atoms with van der Waals surface area (Å²) in [6, 6.07) is 0. The van der Waals surface area contributed by atoms with Crippen LogP contribution < -0.4 is 5.32 Å². The third-order valence-corrected chi connectivity index (χ3v) is 4.24. The molecule has 0 amide bonds. The first kappa shape index (κ1) is 14.3. The fourth-order valence-electron chi connectivity index (χ4n) is 2.98. The minimum Gasteiger partial charge on any atom is -0.316 e. The van der Waals surface area contributed by atoms with Crippen LogP contribution >= 0.6 is 0 Å². The van der Waals surface area contributed by atoms with E-state index in [1.165, 1.54) is 71.7 Å². The Hall–Kier alpha value is -0.160. The summed E-state index contributed by atoms with van der Waals surface area (Å²) in [6.45, 7) is 11.2. The van der Waals surface area contributed by atoms with Gasteiger partial charge in [-0.25, -0.2) is 0 Å². The van der Waals surface area contributed by atoms with Crippen LogP contribution in [-0.2, 0) is 0 Å². The van der Waals surface area contributed by atoms with Crippen molar-refractivity contribution in [2.24, 2.45) is 5.92 Å². The Labute approximate surface area is 112 Å². The van der Waals surface area contributed by atoms with Crippen LogP contribution in [0.2, 0.25) is 0 Å². The molecule has 0 saturated carbocycles. The predicted octanol–water partition coefficient (Wildman–Crippen LogP) is 0.165. The number of piperazine rings is 1. The van der Waals surface area contributed by atoms with Crippen LogP contribution in [-0.4, -0.2) is 87.7 Å². The molecule has 0 aromatic carbocycles. The van der Waals surface area contributed by atoms with Gasteiger partial charge in [0.05, 0.1) is 0 Å². The summed E-state index contributed by atoms with van der Waals surface area (Å²) < 4.78 is 0. The van der Waals surface area contributed by atoms with Gasteiger partial charge in [0, 0.05) is 45.8 Å². The molecule has 1 unspecified atom stereocenters. The molecule has 0 aromatic heterocycles. The average molecular weight is 254 g/mol. The number of piperidine rings is 1. The molecular weight excluding hydrogens is 224 g/mol. The highest BCUT2D eigenvalue weighted by Crippen LogP contribution is 2.13. The van der Waals surface area contributed by atoms with Crippen LogP contribution in [0.5, 0.6) is 0 Å². The fraction of sp³-hybridized carbons (Fsp3) is 1.00. The van der Waals surface area contributed by atoms with Crippen molar-refractivity contribution in [3.05, 3.63) is 0 Å². The van der Waals surface area contributed by atoms with Gasteiger partial charge in [-0.2, -0.15) is 0 Å². The Bertz CT molecular complexity index is 218. The summed E-state index contributed by atoms with van der Waals surface area (Å²) in [5.74, 6) is 0.895. The Morgan fingerprint density at radius 1 is 1.11 bits per heavy atom. The summed E-state index contributed by atoms with van der Waals surface area (Å²) in [5.41, 5.74) is 0. The van der Waals surface area contributed by atoms with Crippen molar-refractivity contribution in [3.63, 3.8) is 0 Å². The largest absolute Gasteiger partial charge is 0.316 e. The number of hydrogen-bond donors (Lipinski definition) is 1. The predicted molar refractivity (Wildman–Crippen MR) is 77.0 cm³/mol. The zero-order valence-corrected chi connectivity index (χ0v) is 12.2. The number of hydrogen-bond acceptors (Lipinski definition) is 4. The lowest BCUT2D eigenvalue weighted by molar-refractivity contribution is 0.107. The lowest BCUT2D eigenvalue weighted by Crippen LogP contribution is -2.50. The van der Waals surface area contributed by atoms with Gasteiger partial charge in [0.2, 0.25) is 0 Å². The molecule has 2 saturated heterocycles. The highest BCUT2D eigenvalue weighted by Gasteiger charge is 2.21. The lowest BCUT2D eigenvalue weighted by atomic mass is 9.99. The maximum atomic E-state index is 3.52. The van der Waals surface area contributed by atoms with Crippen molar-refractivity contribution in [2.45, 2.75) is 12.8 Å². The second-order valence-corrected chi connectivity index (χ2v) is 6.16. The standard InChI is InChI=1S/C14H30N4/c1-16(2)6-7-17-8-10-18(11-9-17)13-14-4-3-5-15-12-14/h14-15H,3-13H2,1-2H3. The number of nitrogens with zero attached hydrogens (tertiary/aromatic N) is 3. The van der Waals surface area contributed by atoms with Gasteiger partial charge in [0.25, 0.3) is 0 Å². The van der Waals surface area contributed by atoms with E-state index in [4.69, 9.17) is 0 Å². The molecule has 18 heavy (non-hydrogen) atoms. The van der Waals surface area contributed by atoms with E-state index in [0.29, 0.717) is 0 Å². The van der Waals surface area contributed by atoms with Crippen LogP contribution in [0.25, 0.3) is 0 Å². The molecule has 2 heterocycles. The maximum Gasteiger partial charge on any atom is 0.0110 e. The molecule has 106 valence electrons. The minimum atomic E-state index is 0.895. The first-order valence-corrected chi connectivity index (χ1v) is 7.54. The van der Waals surface area contributed by atoms with Gasteiger partial charge in [0.1, 0.15) is 0 Å². The van der Waals surface area contributed by atoms with E-state index in [1.54, 1.807) is 0 Å². The van der Waals surface area contributed by atoms with E-state index >= 15 is 0 Å². The molecule has 2 aliphatic heterocycles. The summed E-state index contributed by atoms with van der Waals surface area (Å²) in [4.78, 5) is 7.56.